The third kappa shape index (κ3) is 6.21. The van der Waals surface area contributed by atoms with Crippen molar-refractivity contribution in [3.63, 3.8) is 0 Å². The van der Waals surface area contributed by atoms with Gasteiger partial charge in [-0.15, -0.1) is 11.3 Å². The highest BCUT2D eigenvalue weighted by molar-refractivity contribution is 7.15. The fourth-order valence-corrected chi connectivity index (χ4v) is 5.25. The molecule has 1 aliphatic heterocycles. The maximum atomic E-state index is 12.8. The van der Waals surface area contributed by atoms with Crippen molar-refractivity contribution in [3.05, 3.63) is 70.1 Å². The number of amides is 1. The van der Waals surface area contributed by atoms with Crippen LogP contribution in [0.15, 0.2) is 53.9 Å². The number of carbonyl (C=O) groups is 2. The van der Waals surface area contributed by atoms with Crippen LogP contribution in [0.5, 0.6) is 5.75 Å². The zero-order valence-electron chi connectivity index (χ0n) is 19.8. The molecule has 0 bridgehead atoms. The van der Waals surface area contributed by atoms with E-state index in [1.807, 2.05) is 53.9 Å². The Morgan fingerprint density at radius 2 is 1.69 bits per heavy atom. The number of hydrogen-bond donors (Lipinski definition) is 1. The molecule has 4 rings (SSSR count). The molecule has 184 valence electrons. The van der Waals surface area contributed by atoms with Gasteiger partial charge in [0.25, 0.3) is 0 Å². The van der Waals surface area contributed by atoms with E-state index in [2.05, 4.69) is 15.1 Å². The number of halogens is 1. The van der Waals surface area contributed by atoms with E-state index in [0.29, 0.717) is 16.1 Å². The number of rotatable bonds is 8. The molecule has 7 nitrogen and oxygen atoms in total. The highest BCUT2D eigenvalue weighted by Gasteiger charge is 2.24. The average molecular weight is 514 g/mol. The van der Waals surface area contributed by atoms with Crippen LogP contribution in [-0.4, -0.2) is 68.6 Å². The van der Waals surface area contributed by atoms with Gasteiger partial charge in [0.2, 0.25) is 5.91 Å². The molecule has 9 heteroatoms. The summed E-state index contributed by atoms with van der Waals surface area (Å²) in [5.41, 5.74) is 3.03. The van der Waals surface area contributed by atoms with E-state index < -0.39 is 5.97 Å². The molecule has 2 aromatic carbocycles. The number of ether oxygens (including phenoxy) is 2. The van der Waals surface area contributed by atoms with Crippen molar-refractivity contribution < 1.29 is 19.1 Å². The van der Waals surface area contributed by atoms with Gasteiger partial charge in [0.1, 0.15) is 16.3 Å². The van der Waals surface area contributed by atoms with E-state index in [1.165, 1.54) is 18.4 Å². The summed E-state index contributed by atoms with van der Waals surface area (Å²) in [5.74, 6) is 0.0856. The number of benzene rings is 2. The normalized spacial score (nSPS) is 14.5. The molecule has 0 aliphatic carbocycles. The van der Waals surface area contributed by atoms with E-state index in [0.717, 1.165) is 54.6 Å². The first-order valence-corrected chi connectivity index (χ1v) is 12.6. The minimum atomic E-state index is -0.486. The maximum absolute atomic E-state index is 12.8. The van der Waals surface area contributed by atoms with Crippen molar-refractivity contribution in [2.45, 2.75) is 6.54 Å². The first kappa shape index (κ1) is 25.2. The number of piperazine rings is 1. The number of nitrogens with zero attached hydrogens (tertiary/aromatic N) is 2. The van der Waals surface area contributed by atoms with Gasteiger partial charge in [-0.05, 0) is 29.3 Å². The lowest BCUT2D eigenvalue weighted by Gasteiger charge is -2.34. The Labute approximate surface area is 214 Å². The highest BCUT2D eigenvalue weighted by atomic mass is 35.5. The first-order valence-electron chi connectivity index (χ1n) is 11.3. The van der Waals surface area contributed by atoms with Gasteiger partial charge in [0.15, 0.2) is 0 Å². The summed E-state index contributed by atoms with van der Waals surface area (Å²) < 4.78 is 10.2. The lowest BCUT2D eigenvalue weighted by molar-refractivity contribution is -0.117. The van der Waals surface area contributed by atoms with Gasteiger partial charge < -0.3 is 14.8 Å². The molecule has 1 aliphatic rings. The third-order valence-corrected chi connectivity index (χ3v) is 7.28. The van der Waals surface area contributed by atoms with Crippen molar-refractivity contribution in [3.8, 4) is 16.9 Å². The van der Waals surface area contributed by atoms with E-state index in [-0.39, 0.29) is 12.5 Å². The number of hydrogen-bond acceptors (Lipinski definition) is 7. The van der Waals surface area contributed by atoms with Crippen molar-refractivity contribution in [2.75, 3.05) is 52.3 Å². The molecule has 2 heterocycles. The van der Waals surface area contributed by atoms with Gasteiger partial charge in [-0.1, -0.05) is 41.9 Å². The Morgan fingerprint density at radius 3 is 2.34 bits per heavy atom. The highest BCUT2D eigenvalue weighted by Crippen LogP contribution is 2.36. The number of anilines is 1. The lowest BCUT2D eigenvalue weighted by Crippen LogP contribution is -2.48. The van der Waals surface area contributed by atoms with Crippen molar-refractivity contribution in [1.82, 2.24) is 9.80 Å². The molecule has 0 saturated carbocycles. The molecule has 0 spiro atoms. The summed E-state index contributed by atoms with van der Waals surface area (Å²) >= 11 is 7.61. The molecule has 1 amide bonds. The third-order valence-electron chi connectivity index (χ3n) is 6.02. The molecular weight excluding hydrogens is 486 g/mol. The lowest BCUT2D eigenvalue weighted by atomic mass is 10.0. The van der Waals surface area contributed by atoms with Crippen LogP contribution in [0.2, 0.25) is 5.02 Å². The minimum absolute atomic E-state index is 0.155. The minimum Gasteiger partial charge on any atom is -0.497 e. The predicted molar refractivity (Wildman–Crippen MR) is 139 cm³/mol. The molecule has 1 N–H and O–H groups in total. The number of thiophene rings is 1. The van der Waals surface area contributed by atoms with Crippen LogP contribution < -0.4 is 10.1 Å². The molecule has 0 atom stereocenters. The largest absolute Gasteiger partial charge is 0.497 e. The first-order chi connectivity index (χ1) is 17.0. The molecule has 0 radical (unpaired) electrons. The zero-order chi connectivity index (χ0) is 24.8. The molecule has 1 saturated heterocycles. The monoisotopic (exact) mass is 513 g/mol. The summed E-state index contributed by atoms with van der Waals surface area (Å²) in [6.45, 7) is 4.33. The second kappa shape index (κ2) is 11.7. The van der Waals surface area contributed by atoms with Crippen LogP contribution in [0.25, 0.3) is 11.1 Å². The summed E-state index contributed by atoms with van der Waals surface area (Å²) in [6, 6.07) is 15.3. The van der Waals surface area contributed by atoms with Gasteiger partial charge in [-0.25, -0.2) is 4.79 Å². The van der Waals surface area contributed by atoms with Crippen LogP contribution in [0, 0.1) is 0 Å². The Bertz CT molecular complexity index is 1170. The Morgan fingerprint density at radius 1 is 1.00 bits per heavy atom. The Balaban J connectivity index is 1.37. The van der Waals surface area contributed by atoms with E-state index >= 15 is 0 Å². The molecule has 1 aromatic heterocycles. The van der Waals surface area contributed by atoms with Crippen molar-refractivity contribution in [1.29, 1.82) is 0 Å². The fourth-order valence-electron chi connectivity index (χ4n) is 4.08. The van der Waals surface area contributed by atoms with Gasteiger partial charge in [0, 0.05) is 48.7 Å². The summed E-state index contributed by atoms with van der Waals surface area (Å²) in [7, 11) is 2.94. The predicted octanol–water partition coefficient (Wildman–Crippen LogP) is 4.62. The second-order valence-electron chi connectivity index (χ2n) is 8.27. The zero-order valence-corrected chi connectivity index (χ0v) is 21.3. The molecule has 35 heavy (non-hydrogen) atoms. The van der Waals surface area contributed by atoms with E-state index in [1.54, 1.807) is 7.11 Å². The van der Waals surface area contributed by atoms with E-state index in [9.17, 15) is 9.59 Å². The smallest absolute Gasteiger partial charge is 0.341 e. The molecular formula is C26H28ClN3O4S. The van der Waals surface area contributed by atoms with Gasteiger partial charge in [-0.3, -0.25) is 14.6 Å². The number of carbonyl (C=O) groups excluding carboxylic acids is 2. The molecule has 1 fully saturated rings. The number of nitrogens with one attached hydrogen (secondary N) is 1. The van der Waals surface area contributed by atoms with Crippen LogP contribution in [0.1, 0.15) is 15.9 Å². The van der Waals surface area contributed by atoms with Gasteiger partial charge in [-0.2, -0.15) is 0 Å². The van der Waals surface area contributed by atoms with Crippen molar-refractivity contribution >= 4 is 39.8 Å². The Hall–Kier alpha value is -2.91. The standard InChI is InChI=1S/C26H28ClN3O4S/c1-33-20-9-7-18(8-10-20)21-17-35-25(24(21)26(32)34-2)28-23(31)16-30-13-11-29(12-14-30)15-19-5-3-4-6-22(19)27/h3-10,17H,11-16H2,1-2H3,(H,28,31). The summed E-state index contributed by atoms with van der Waals surface area (Å²) in [4.78, 5) is 29.9. The SMILES string of the molecule is COC(=O)c1c(-c2ccc(OC)cc2)csc1NC(=O)CN1CCN(Cc2ccccc2Cl)CC1. The van der Waals surface area contributed by atoms with Crippen LogP contribution in [0.3, 0.4) is 0 Å². The molecule has 3 aromatic rings. The fraction of sp³-hybridized carbons (Fsp3) is 0.308. The van der Waals surface area contributed by atoms with Gasteiger partial charge in [0.05, 0.1) is 20.8 Å². The van der Waals surface area contributed by atoms with Crippen molar-refractivity contribution in [2.24, 2.45) is 0 Å². The topological polar surface area (TPSA) is 71.1 Å². The number of methoxy groups -OCH3 is 2. The summed E-state index contributed by atoms with van der Waals surface area (Å²) in [5, 5.41) is 6.05. The summed E-state index contributed by atoms with van der Waals surface area (Å²) in [6.07, 6.45) is 0. The van der Waals surface area contributed by atoms with E-state index in [4.69, 9.17) is 21.1 Å². The molecule has 0 unspecified atom stereocenters. The quantitative estimate of drug-likeness (QED) is 0.443. The van der Waals surface area contributed by atoms with Crippen LogP contribution >= 0.6 is 22.9 Å². The average Bonchev–Trinajstić information content (AvgIpc) is 3.29. The van der Waals surface area contributed by atoms with Gasteiger partial charge >= 0.3 is 5.97 Å². The maximum Gasteiger partial charge on any atom is 0.341 e. The Kier molecular flexibility index (Phi) is 8.41. The van der Waals surface area contributed by atoms with Crippen LogP contribution in [0.4, 0.5) is 5.00 Å². The van der Waals surface area contributed by atoms with Crippen LogP contribution in [-0.2, 0) is 16.1 Å². The second-order valence-corrected chi connectivity index (χ2v) is 9.55. The number of esters is 1.